The number of benzene rings is 2. The average molecular weight is 391 g/mol. The van der Waals surface area contributed by atoms with Gasteiger partial charge in [-0.05, 0) is 60.9 Å². The van der Waals surface area contributed by atoms with Gasteiger partial charge < -0.3 is 4.74 Å². The Morgan fingerprint density at radius 3 is 2.66 bits per heavy atom. The first-order valence-electron chi connectivity index (χ1n) is 9.45. The molecule has 0 spiro atoms. The minimum Gasteiger partial charge on any atom is -0.444 e. The predicted octanol–water partition coefficient (Wildman–Crippen LogP) is 5.11. The first kappa shape index (κ1) is 18.9. The molecule has 0 bridgehead atoms. The number of carbonyl (C=O) groups is 1. The largest absolute Gasteiger partial charge is 0.444 e. The molecule has 1 aliphatic carbocycles. The summed E-state index contributed by atoms with van der Waals surface area (Å²) in [7, 11) is 0. The molecule has 0 radical (unpaired) electrons. The molecule has 0 saturated heterocycles. The molecule has 6 heteroatoms. The van der Waals surface area contributed by atoms with Gasteiger partial charge in [0.25, 0.3) is 0 Å². The molecule has 0 saturated carbocycles. The molecular formula is C23H22FN3O2. The van der Waals surface area contributed by atoms with Crippen LogP contribution in [-0.4, -0.2) is 21.8 Å². The van der Waals surface area contributed by atoms with Crippen molar-refractivity contribution in [1.29, 1.82) is 0 Å². The molecule has 4 rings (SSSR count). The highest BCUT2D eigenvalue weighted by Crippen LogP contribution is 2.38. The third-order valence-corrected chi connectivity index (χ3v) is 5.46. The van der Waals surface area contributed by atoms with Crippen LogP contribution in [0.5, 0.6) is 0 Å². The monoisotopic (exact) mass is 391 g/mol. The summed E-state index contributed by atoms with van der Waals surface area (Å²) in [6, 6.07) is 15.4. The molecule has 1 aliphatic rings. The number of nitrogens with one attached hydrogen (secondary N) is 1. The number of hydrogen-bond donors (Lipinski definition) is 1. The second kappa shape index (κ2) is 7.54. The van der Waals surface area contributed by atoms with Gasteiger partial charge >= 0.3 is 6.09 Å². The summed E-state index contributed by atoms with van der Waals surface area (Å²) in [4.78, 5) is 14.9. The quantitative estimate of drug-likeness (QED) is 0.672. The second-order valence-electron chi connectivity index (χ2n) is 7.44. The first-order chi connectivity index (χ1) is 14.0. The van der Waals surface area contributed by atoms with Crippen LogP contribution in [0.2, 0.25) is 0 Å². The van der Waals surface area contributed by atoms with Crippen molar-refractivity contribution >= 4 is 17.9 Å². The van der Waals surface area contributed by atoms with Gasteiger partial charge in [-0.2, -0.15) is 5.10 Å². The van der Waals surface area contributed by atoms with Crippen molar-refractivity contribution in [2.24, 2.45) is 0 Å². The number of rotatable bonds is 4. The number of aromatic nitrogens is 2. The lowest BCUT2D eigenvalue weighted by atomic mass is 9.80. The Morgan fingerprint density at radius 1 is 1.21 bits per heavy atom. The fourth-order valence-electron chi connectivity index (χ4n) is 3.69. The van der Waals surface area contributed by atoms with Crippen LogP contribution < -0.4 is 4.90 Å². The van der Waals surface area contributed by atoms with Crippen molar-refractivity contribution in [2.45, 2.75) is 32.4 Å². The van der Waals surface area contributed by atoms with E-state index in [0.717, 1.165) is 22.4 Å². The molecule has 2 aromatic carbocycles. The standard InChI is InChI=1S/C23H22FN3O2/c1-16-12-21-18(14-25-26-21)13-23(16,2)27(20-10-8-19(24)9-11-20)22(28)29-15-17-6-4-3-5-7-17/h3-12,14H,13,15H2,1-2H3,(H,25,26)/t23-/m0/s1. The molecule has 1 atom stereocenters. The summed E-state index contributed by atoms with van der Waals surface area (Å²) in [6.45, 7) is 4.12. The van der Waals surface area contributed by atoms with Gasteiger partial charge in [-0.15, -0.1) is 0 Å². The SMILES string of the molecule is CC1=Cc2[nH]ncc2C[C@]1(C)N(C(=O)OCc1ccccc1)c1ccc(F)cc1. The highest BCUT2D eigenvalue weighted by Gasteiger charge is 2.42. The highest BCUT2D eigenvalue weighted by atomic mass is 19.1. The van der Waals surface area contributed by atoms with Crippen LogP contribution in [0.15, 0.2) is 66.4 Å². The van der Waals surface area contributed by atoms with Crippen molar-refractivity contribution in [3.8, 4) is 0 Å². The van der Waals surface area contributed by atoms with E-state index in [4.69, 9.17) is 4.74 Å². The van der Waals surface area contributed by atoms with E-state index in [-0.39, 0.29) is 12.4 Å². The summed E-state index contributed by atoms with van der Waals surface area (Å²) in [5, 5.41) is 7.09. The van der Waals surface area contributed by atoms with E-state index in [1.165, 1.54) is 12.1 Å². The van der Waals surface area contributed by atoms with Gasteiger partial charge in [0.1, 0.15) is 12.4 Å². The Morgan fingerprint density at radius 2 is 1.93 bits per heavy atom. The Labute approximate surface area is 168 Å². The lowest BCUT2D eigenvalue weighted by molar-refractivity contribution is 0.141. The summed E-state index contributed by atoms with van der Waals surface area (Å²) in [5.74, 6) is -0.357. The third kappa shape index (κ3) is 3.66. The Kier molecular flexibility index (Phi) is 4.92. The van der Waals surface area contributed by atoms with E-state index in [1.54, 1.807) is 23.2 Å². The van der Waals surface area contributed by atoms with Gasteiger partial charge in [0.2, 0.25) is 0 Å². The Balaban J connectivity index is 1.69. The maximum atomic E-state index is 13.5. The van der Waals surface area contributed by atoms with Gasteiger partial charge in [-0.1, -0.05) is 30.3 Å². The molecule has 3 aromatic rings. The van der Waals surface area contributed by atoms with Crippen LogP contribution in [-0.2, 0) is 17.8 Å². The van der Waals surface area contributed by atoms with Crippen LogP contribution in [0.3, 0.4) is 0 Å². The van der Waals surface area contributed by atoms with E-state index >= 15 is 0 Å². The number of anilines is 1. The molecule has 1 amide bonds. The van der Waals surface area contributed by atoms with Crippen molar-refractivity contribution in [2.75, 3.05) is 4.90 Å². The zero-order valence-corrected chi connectivity index (χ0v) is 16.4. The fourth-order valence-corrected chi connectivity index (χ4v) is 3.69. The van der Waals surface area contributed by atoms with Gasteiger partial charge in [0, 0.05) is 12.1 Å². The van der Waals surface area contributed by atoms with Crippen LogP contribution in [0.1, 0.15) is 30.7 Å². The molecule has 29 heavy (non-hydrogen) atoms. The second-order valence-corrected chi connectivity index (χ2v) is 7.44. The molecule has 1 N–H and O–H groups in total. The molecular weight excluding hydrogens is 369 g/mol. The fraction of sp³-hybridized carbons (Fsp3) is 0.217. The maximum absolute atomic E-state index is 13.5. The highest BCUT2D eigenvalue weighted by molar-refractivity contribution is 5.91. The number of H-pyrrole nitrogens is 1. The van der Waals surface area contributed by atoms with E-state index in [9.17, 15) is 9.18 Å². The summed E-state index contributed by atoms with van der Waals surface area (Å²) in [5.41, 5.74) is 3.74. The molecule has 5 nitrogen and oxygen atoms in total. The van der Waals surface area contributed by atoms with Crippen molar-refractivity contribution in [1.82, 2.24) is 10.2 Å². The lowest BCUT2D eigenvalue weighted by Crippen LogP contribution is -2.53. The number of nitrogens with zero attached hydrogens (tertiary/aromatic N) is 2. The number of aromatic amines is 1. The summed E-state index contributed by atoms with van der Waals surface area (Å²) < 4.78 is 19.2. The number of carbonyl (C=O) groups excluding carboxylic acids is 1. The van der Waals surface area contributed by atoms with Crippen LogP contribution in [0.25, 0.3) is 6.08 Å². The van der Waals surface area contributed by atoms with E-state index in [0.29, 0.717) is 12.1 Å². The number of halogens is 1. The van der Waals surface area contributed by atoms with Crippen LogP contribution >= 0.6 is 0 Å². The topological polar surface area (TPSA) is 58.2 Å². The average Bonchev–Trinajstić information content (AvgIpc) is 3.16. The number of hydrogen-bond acceptors (Lipinski definition) is 3. The number of amides is 1. The number of ether oxygens (including phenoxy) is 1. The lowest BCUT2D eigenvalue weighted by Gasteiger charge is -2.43. The maximum Gasteiger partial charge on any atom is 0.415 e. The molecule has 0 fully saturated rings. The van der Waals surface area contributed by atoms with Gasteiger partial charge in [-0.3, -0.25) is 10.00 Å². The molecule has 1 heterocycles. The van der Waals surface area contributed by atoms with Gasteiger partial charge in [0.05, 0.1) is 17.4 Å². The van der Waals surface area contributed by atoms with Crippen molar-refractivity contribution in [3.63, 3.8) is 0 Å². The Bertz CT molecular complexity index is 1040. The zero-order valence-electron chi connectivity index (χ0n) is 16.4. The van der Waals surface area contributed by atoms with E-state index in [2.05, 4.69) is 10.2 Å². The molecule has 148 valence electrons. The smallest absolute Gasteiger partial charge is 0.415 e. The molecule has 0 aliphatic heterocycles. The van der Waals surface area contributed by atoms with Crippen LogP contribution in [0, 0.1) is 5.82 Å². The molecule has 0 unspecified atom stereocenters. The first-order valence-corrected chi connectivity index (χ1v) is 9.45. The predicted molar refractivity (Wildman–Crippen MR) is 110 cm³/mol. The molecule has 1 aromatic heterocycles. The van der Waals surface area contributed by atoms with Gasteiger partial charge in [0.15, 0.2) is 0 Å². The Hall–Kier alpha value is -3.41. The number of fused-ring (bicyclic) bond motifs is 1. The zero-order chi connectivity index (χ0) is 20.4. The minimum absolute atomic E-state index is 0.160. The minimum atomic E-state index is -0.678. The summed E-state index contributed by atoms with van der Waals surface area (Å²) >= 11 is 0. The summed E-state index contributed by atoms with van der Waals surface area (Å²) in [6.07, 6.45) is 3.85. The van der Waals surface area contributed by atoms with Crippen molar-refractivity contribution < 1.29 is 13.9 Å². The van der Waals surface area contributed by atoms with E-state index < -0.39 is 11.6 Å². The van der Waals surface area contributed by atoms with E-state index in [1.807, 2.05) is 50.3 Å². The normalized spacial score (nSPS) is 18.0. The van der Waals surface area contributed by atoms with Crippen molar-refractivity contribution in [3.05, 3.63) is 89.0 Å². The van der Waals surface area contributed by atoms with Crippen LogP contribution in [0.4, 0.5) is 14.9 Å². The van der Waals surface area contributed by atoms with Gasteiger partial charge in [-0.25, -0.2) is 9.18 Å². The third-order valence-electron chi connectivity index (χ3n) is 5.46.